The van der Waals surface area contributed by atoms with Gasteiger partial charge in [0.2, 0.25) is 11.7 Å². The van der Waals surface area contributed by atoms with Crippen molar-refractivity contribution in [2.75, 3.05) is 34.9 Å². The molecule has 0 fully saturated rings. The van der Waals surface area contributed by atoms with E-state index < -0.39 is 0 Å². The molecule has 7 nitrogen and oxygen atoms in total. The number of rotatable bonds is 11. The molecular formula is C25H30N2O5. The average molecular weight is 439 g/mol. The summed E-state index contributed by atoms with van der Waals surface area (Å²) in [7, 11) is 6.56. The van der Waals surface area contributed by atoms with Gasteiger partial charge in [0.15, 0.2) is 11.5 Å². The Morgan fingerprint density at radius 1 is 0.969 bits per heavy atom. The maximum absolute atomic E-state index is 12.6. The Morgan fingerprint density at radius 3 is 2.41 bits per heavy atom. The summed E-state index contributed by atoms with van der Waals surface area (Å²) in [5.74, 6) is 2.63. The van der Waals surface area contributed by atoms with Gasteiger partial charge in [-0.3, -0.25) is 4.79 Å². The molecule has 0 bridgehead atoms. The molecule has 3 rings (SSSR count). The fraction of sp³-hybridized carbons (Fsp3) is 0.360. The third-order valence-electron chi connectivity index (χ3n) is 5.36. The molecule has 1 amide bonds. The molecule has 0 aliphatic carbocycles. The smallest absolute Gasteiger partial charge is 0.222 e. The zero-order chi connectivity index (χ0) is 22.9. The second-order valence-electron chi connectivity index (χ2n) is 7.46. The molecule has 0 saturated carbocycles. The lowest BCUT2D eigenvalue weighted by molar-refractivity contribution is -0.129. The lowest BCUT2D eigenvalue weighted by atomic mass is 10.1. The molecular weight excluding hydrogens is 408 g/mol. The molecule has 0 unspecified atom stereocenters. The van der Waals surface area contributed by atoms with Crippen LogP contribution >= 0.6 is 0 Å². The van der Waals surface area contributed by atoms with Gasteiger partial charge in [0, 0.05) is 38.1 Å². The third-order valence-corrected chi connectivity index (χ3v) is 5.36. The molecule has 0 N–H and O–H groups in total. The summed E-state index contributed by atoms with van der Waals surface area (Å²) in [5, 5.41) is 4.14. The van der Waals surface area contributed by atoms with Crippen molar-refractivity contribution in [3.8, 4) is 28.5 Å². The number of hydrogen-bond donors (Lipinski definition) is 0. The van der Waals surface area contributed by atoms with Crippen LogP contribution in [0.3, 0.4) is 0 Å². The summed E-state index contributed by atoms with van der Waals surface area (Å²) < 4.78 is 21.7. The topological polar surface area (TPSA) is 74.0 Å². The first-order valence-electron chi connectivity index (χ1n) is 10.6. The van der Waals surface area contributed by atoms with Crippen molar-refractivity contribution in [1.29, 1.82) is 0 Å². The van der Waals surface area contributed by atoms with E-state index in [-0.39, 0.29) is 5.91 Å². The average Bonchev–Trinajstić information content (AvgIpc) is 3.31. The fourth-order valence-electron chi connectivity index (χ4n) is 3.58. The van der Waals surface area contributed by atoms with Gasteiger partial charge in [0.25, 0.3) is 0 Å². The lowest BCUT2D eigenvalue weighted by Gasteiger charge is -2.18. The van der Waals surface area contributed by atoms with Crippen LogP contribution in [0.2, 0.25) is 0 Å². The highest BCUT2D eigenvalue weighted by Gasteiger charge is 2.17. The number of carbonyl (C=O) groups excluding carboxylic acids is 1. The van der Waals surface area contributed by atoms with Crippen LogP contribution in [0.25, 0.3) is 11.3 Å². The molecule has 0 spiro atoms. The van der Waals surface area contributed by atoms with Crippen molar-refractivity contribution in [2.24, 2.45) is 0 Å². The minimum absolute atomic E-state index is 0.0735. The number of amides is 1. The molecule has 7 heteroatoms. The van der Waals surface area contributed by atoms with Gasteiger partial charge in [-0.2, -0.15) is 0 Å². The van der Waals surface area contributed by atoms with Crippen LogP contribution in [0.1, 0.15) is 24.2 Å². The molecule has 1 aromatic heterocycles. The second kappa shape index (κ2) is 11.2. The number of ether oxygens (including phenoxy) is 3. The molecule has 0 radical (unpaired) electrons. The van der Waals surface area contributed by atoms with Gasteiger partial charge in [-0.05, 0) is 24.5 Å². The Balaban J connectivity index is 1.49. The number of aryl methyl sites for hydroxylation is 2. The number of aromatic nitrogens is 1. The predicted molar refractivity (Wildman–Crippen MR) is 122 cm³/mol. The van der Waals surface area contributed by atoms with E-state index >= 15 is 0 Å². The first kappa shape index (κ1) is 23.2. The van der Waals surface area contributed by atoms with Crippen molar-refractivity contribution in [3.05, 3.63) is 59.9 Å². The van der Waals surface area contributed by atoms with Gasteiger partial charge in [-0.1, -0.05) is 41.6 Å². The Bertz CT molecular complexity index is 1020. The number of benzene rings is 2. The number of nitrogens with zero attached hydrogens (tertiary/aromatic N) is 2. The summed E-state index contributed by atoms with van der Waals surface area (Å²) in [6.45, 7) is 0.642. The normalized spacial score (nSPS) is 10.6. The zero-order valence-electron chi connectivity index (χ0n) is 19.1. The van der Waals surface area contributed by atoms with Crippen LogP contribution in [-0.4, -0.2) is 50.9 Å². The number of carbonyl (C=O) groups is 1. The SMILES string of the molecule is COc1ccc(CCC(=O)N(C)CCCc2cc(-c3ccccc3)no2)c(OC)c1OC. The summed E-state index contributed by atoms with van der Waals surface area (Å²) >= 11 is 0. The molecule has 0 aliphatic heterocycles. The van der Waals surface area contributed by atoms with E-state index in [2.05, 4.69) is 5.16 Å². The first-order chi connectivity index (χ1) is 15.6. The summed E-state index contributed by atoms with van der Waals surface area (Å²) in [6.07, 6.45) is 2.45. The highest BCUT2D eigenvalue weighted by molar-refractivity contribution is 5.76. The van der Waals surface area contributed by atoms with E-state index in [1.165, 1.54) is 0 Å². The van der Waals surface area contributed by atoms with E-state index in [0.717, 1.165) is 35.4 Å². The van der Waals surface area contributed by atoms with Gasteiger partial charge in [0.05, 0.1) is 21.3 Å². The van der Waals surface area contributed by atoms with E-state index in [1.807, 2.05) is 55.6 Å². The predicted octanol–water partition coefficient (Wildman–Crippen LogP) is 4.39. The van der Waals surface area contributed by atoms with Crippen molar-refractivity contribution in [1.82, 2.24) is 10.1 Å². The van der Waals surface area contributed by atoms with Gasteiger partial charge < -0.3 is 23.6 Å². The Kier molecular flexibility index (Phi) is 8.14. The van der Waals surface area contributed by atoms with E-state index in [9.17, 15) is 4.79 Å². The Morgan fingerprint density at radius 2 is 1.72 bits per heavy atom. The molecule has 0 aliphatic rings. The van der Waals surface area contributed by atoms with Gasteiger partial charge >= 0.3 is 0 Å². The van der Waals surface area contributed by atoms with Gasteiger partial charge in [0.1, 0.15) is 11.5 Å². The van der Waals surface area contributed by atoms with Gasteiger partial charge in [-0.15, -0.1) is 0 Å². The fourth-order valence-corrected chi connectivity index (χ4v) is 3.58. The van der Waals surface area contributed by atoms with Crippen molar-refractivity contribution in [3.63, 3.8) is 0 Å². The van der Waals surface area contributed by atoms with Crippen LogP contribution in [0.4, 0.5) is 0 Å². The Hall–Kier alpha value is -3.48. The molecule has 3 aromatic rings. The molecule has 2 aromatic carbocycles. The van der Waals surface area contributed by atoms with Crippen LogP contribution in [0, 0.1) is 0 Å². The minimum atomic E-state index is 0.0735. The molecule has 170 valence electrons. The molecule has 0 atom stereocenters. The number of hydrogen-bond acceptors (Lipinski definition) is 6. The minimum Gasteiger partial charge on any atom is -0.493 e. The van der Waals surface area contributed by atoms with Crippen LogP contribution < -0.4 is 14.2 Å². The van der Waals surface area contributed by atoms with E-state index in [0.29, 0.717) is 36.6 Å². The van der Waals surface area contributed by atoms with Crippen LogP contribution in [-0.2, 0) is 17.6 Å². The molecule has 32 heavy (non-hydrogen) atoms. The van der Waals surface area contributed by atoms with Crippen LogP contribution in [0.15, 0.2) is 53.1 Å². The lowest BCUT2D eigenvalue weighted by Crippen LogP contribution is -2.28. The number of methoxy groups -OCH3 is 3. The molecule has 1 heterocycles. The van der Waals surface area contributed by atoms with Crippen LogP contribution in [0.5, 0.6) is 17.2 Å². The first-order valence-corrected chi connectivity index (χ1v) is 10.6. The summed E-state index contributed by atoms with van der Waals surface area (Å²) in [4.78, 5) is 14.4. The summed E-state index contributed by atoms with van der Waals surface area (Å²) in [5.41, 5.74) is 2.76. The van der Waals surface area contributed by atoms with E-state index in [4.69, 9.17) is 18.7 Å². The molecule has 0 saturated heterocycles. The third kappa shape index (κ3) is 5.60. The standard InChI is InChI=1S/C25H30N2O5/c1-27(16-8-11-20-17-21(26-32-20)18-9-6-5-7-10-18)23(28)15-13-19-12-14-22(29-2)25(31-4)24(19)30-3/h5-7,9-10,12,14,17H,8,11,13,15-16H2,1-4H3. The highest BCUT2D eigenvalue weighted by atomic mass is 16.5. The monoisotopic (exact) mass is 438 g/mol. The largest absolute Gasteiger partial charge is 0.493 e. The second-order valence-corrected chi connectivity index (χ2v) is 7.46. The maximum Gasteiger partial charge on any atom is 0.222 e. The van der Waals surface area contributed by atoms with Crippen molar-refractivity contribution in [2.45, 2.75) is 25.7 Å². The quantitative estimate of drug-likeness (QED) is 0.442. The van der Waals surface area contributed by atoms with E-state index in [1.54, 1.807) is 26.2 Å². The summed E-state index contributed by atoms with van der Waals surface area (Å²) in [6, 6.07) is 15.6. The zero-order valence-corrected chi connectivity index (χ0v) is 19.1. The van der Waals surface area contributed by atoms with Crippen molar-refractivity contribution >= 4 is 5.91 Å². The van der Waals surface area contributed by atoms with Crippen molar-refractivity contribution < 1.29 is 23.5 Å². The Labute approximate surface area is 188 Å². The maximum atomic E-state index is 12.6. The highest BCUT2D eigenvalue weighted by Crippen LogP contribution is 2.40. The van der Waals surface area contributed by atoms with Gasteiger partial charge in [-0.25, -0.2) is 0 Å².